The molecule has 1 aliphatic carbocycles. The van der Waals surface area contributed by atoms with Crippen LogP contribution in [0.1, 0.15) is 26.7 Å². The van der Waals surface area contributed by atoms with Gasteiger partial charge in [-0.1, -0.05) is 13.0 Å². The molecule has 1 N–H and O–H groups in total. The summed E-state index contributed by atoms with van der Waals surface area (Å²) in [7, 11) is 0. The van der Waals surface area contributed by atoms with Crippen molar-refractivity contribution in [3.63, 3.8) is 0 Å². The highest BCUT2D eigenvalue weighted by Gasteiger charge is 2.35. The van der Waals surface area contributed by atoms with E-state index in [1.54, 1.807) is 0 Å². The minimum Gasteiger partial charge on any atom is -0.376 e. The van der Waals surface area contributed by atoms with E-state index in [9.17, 15) is 0 Å². The minimum atomic E-state index is 0.331. The summed E-state index contributed by atoms with van der Waals surface area (Å²) in [4.78, 5) is 0. The van der Waals surface area contributed by atoms with E-state index in [2.05, 4.69) is 25.7 Å². The molecule has 0 heterocycles. The lowest BCUT2D eigenvalue weighted by atomic mass is 10.1. The van der Waals surface area contributed by atoms with Gasteiger partial charge in [0.05, 0.1) is 12.1 Å². The second-order valence-electron chi connectivity index (χ2n) is 3.58. The van der Waals surface area contributed by atoms with Crippen molar-refractivity contribution in [2.24, 2.45) is 5.92 Å². The van der Waals surface area contributed by atoms with E-state index in [-0.39, 0.29) is 0 Å². The number of nitrogens with one attached hydrogen (secondary N) is 1. The van der Waals surface area contributed by atoms with Crippen molar-refractivity contribution in [1.82, 2.24) is 5.32 Å². The first-order valence-corrected chi connectivity index (χ1v) is 5.31. The first-order chi connectivity index (χ1) is 6.33. The van der Waals surface area contributed by atoms with Gasteiger partial charge in [0.2, 0.25) is 0 Å². The molecule has 1 rings (SSSR count). The summed E-state index contributed by atoms with van der Waals surface area (Å²) in [5.74, 6) is 0.766. The molecule has 0 aliphatic heterocycles. The summed E-state index contributed by atoms with van der Waals surface area (Å²) in [5, 5.41) is 3.40. The molecule has 1 aliphatic rings. The van der Waals surface area contributed by atoms with Gasteiger partial charge in [0.1, 0.15) is 0 Å². The Bertz CT molecular complexity index is 154. The normalized spacial score (nSPS) is 21.1. The largest absolute Gasteiger partial charge is 0.376 e. The predicted octanol–water partition coefficient (Wildman–Crippen LogP) is 1.97. The smallest absolute Gasteiger partial charge is 0.0791 e. The van der Waals surface area contributed by atoms with Gasteiger partial charge in [0.15, 0.2) is 0 Å². The summed E-state index contributed by atoms with van der Waals surface area (Å²) in [6.45, 7) is 9.81. The summed E-state index contributed by atoms with van der Waals surface area (Å²) in [6, 6.07) is 0.331. The Kier molecular flexibility index (Phi) is 4.46. The molecule has 0 aromatic heterocycles. The number of hydrogen-bond donors (Lipinski definition) is 1. The van der Waals surface area contributed by atoms with Crippen molar-refractivity contribution >= 4 is 0 Å². The highest BCUT2D eigenvalue weighted by atomic mass is 16.5. The van der Waals surface area contributed by atoms with Crippen LogP contribution in [0.5, 0.6) is 0 Å². The first kappa shape index (κ1) is 10.7. The Labute approximate surface area is 81.4 Å². The van der Waals surface area contributed by atoms with Crippen molar-refractivity contribution in [2.75, 3.05) is 13.2 Å². The Hall–Kier alpha value is -0.340. The zero-order valence-corrected chi connectivity index (χ0v) is 8.75. The van der Waals surface area contributed by atoms with Crippen molar-refractivity contribution in [3.8, 4) is 0 Å². The fourth-order valence-electron chi connectivity index (χ4n) is 1.72. The van der Waals surface area contributed by atoms with Crippen LogP contribution in [0.4, 0.5) is 0 Å². The summed E-state index contributed by atoms with van der Waals surface area (Å²) < 4.78 is 5.74. The molecule has 0 spiro atoms. The molecule has 0 radical (unpaired) electrons. The number of likely N-dealkylation sites (N-methyl/N-ethyl adjacent to an activating group) is 1. The van der Waals surface area contributed by atoms with Gasteiger partial charge in [0.25, 0.3) is 0 Å². The first-order valence-electron chi connectivity index (χ1n) is 5.31. The van der Waals surface area contributed by atoms with Crippen LogP contribution in [-0.2, 0) is 4.74 Å². The fourth-order valence-corrected chi connectivity index (χ4v) is 1.72. The summed E-state index contributed by atoms with van der Waals surface area (Å²) in [5.41, 5.74) is 0. The zero-order valence-electron chi connectivity index (χ0n) is 8.75. The van der Waals surface area contributed by atoms with Crippen LogP contribution in [0.3, 0.4) is 0 Å². The van der Waals surface area contributed by atoms with Crippen molar-refractivity contribution in [1.29, 1.82) is 0 Å². The average Bonchev–Trinajstić information content (AvgIpc) is 2.94. The monoisotopic (exact) mass is 183 g/mol. The Morgan fingerprint density at radius 2 is 2.23 bits per heavy atom. The molecule has 2 heteroatoms. The van der Waals surface area contributed by atoms with E-state index in [1.165, 1.54) is 12.8 Å². The third-order valence-electron chi connectivity index (χ3n) is 2.49. The molecular weight excluding hydrogens is 162 g/mol. The van der Waals surface area contributed by atoms with Crippen molar-refractivity contribution in [3.05, 3.63) is 12.7 Å². The quantitative estimate of drug-likeness (QED) is 0.609. The van der Waals surface area contributed by atoms with Gasteiger partial charge in [-0.2, -0.15) is 0 Å². The third-order valence-corrected chi connectivity index (χ3v) is 2.49. The Balaban J connectivity index is 2.43. The summed E-state index contributed by atoms with van der Waals surface area (Å²) in [6.07, 6.45) is 4.96. The fraction of sp³-hybridized carbons (Fsp3) is 0.818. The molecule has 2 atom stereocenters. The van der Waals surface area contributed by atoms with Gasteiger partial charge in [0, 0.05) is 6.61 Å². The zero-order chi connectivity index (χ0) is 9.68. The lowest BCUT2D eigenvalue weighted by molar-refractivity contribution is 0.0309. The molecule has 0 saturated heterocycles. The molecule has 2 nitrogen and oxygen atoms in total. The third kappa shape index (κ3) is 3.12. The topological polar surface area (TPSA) is 21.3 Å². The minimum absolute atomic E-state index is 0.331. The average molecular weight is 183 g/mol. The predicted molar refractivity (Wildman–Crippen MR) is 55.8 cm³/mol. The van der Waals surface area contributed by atoms with E-state index in [4.69, 9.17) is 4.74 Å². The SMILES string of the molecule is C=CC(NCC)C(OCC)C1CC1. The van der Waals surface area contributed by atoms with E-state index >= 15 is 0 Å². The van der Waals surface area contributed by atoms with Crippen LogP contribution >= 0.6 is 0 Å². The molecule has 0 amide bonds. The molecule has 1 saturated carbocycles. The van der Waals surface area contributed by atoms with E-state index in [0.29, 0.717) is 12.1 Å². The second kappa shape index (κ2) is 5.40. The van der Waals surface area contributed by atoms with Crippen LogP contribution in [0.15, 0.2) is 12.7 Å². The molecule has 0 aromatic rings. The van der Waals surface area contributed by atoms with Crippen LogP contribution in [0.2, 0.25) is 0 Å². The highest BCUT2D eigenvalue weighted by Crippen LogP contribution is 2.36. The van der Waals surface area contributed by atoms with Crippen LogP contribution in [0.25, 0.3) is 0 Å². The lowest BCUT2D eigenvalue weighted by Crippen LogP contribution is -2.41. The van der Waals surface area contributed by atoms with Gasteiger partial charge in [-0.05, 0) is 32.2 Å². The van der Waals surface area contributed by atoms with Crippen LogP contribution in [-0.4, -0.2) is 25.3 Å². The van der Waals surface area contributed by atoms with Crippen LogP contribution < -0.4 is 5.32 Å². The highest BCUT2D eigenvalue weighted by molar-refractivity contribution is 4.98. The lowest BCUT2D eigenvalue weighted by Gasteiger charge is -2.24. The number of hydrogen-bond acceptors (Lipinski definition) is 2. The molecule has 1 fully saturated rings. The molecule has 13 heavy (non-hydrogen) atoms. The molecular formula is C11H21NO. The van der Waals surface area contributed by atoms with E-state index in [0.717, 1.165) is 19.1 Å². The Morgan fingerprint density at radius 1 is 1.54 bits per heavy atom. The maximum Gasteiger partial charge on any atom is 0.0791 e. The summed E-state index contributed by atoms with van der Waals surface area (Å²) >= 11 is 0. The number of ether oxygens (including phenoxy) is 1. The Morgan fingerprint density at radius 3 is 2.62 bits per heavy atom. The molecule has 0 aromatic carbocycles. The van der Waals surface area contributed by atoms with Crippen molar-refractivity contribution in [2.45, 2.75) is 38.8 Å². The van der Waals surface area contributed by atoms with Gasteiger partial charge >= 0.3 is 0 Å². The van der Waals surface area contributed by atoms with Crippen molar-refractivity contribution < 1.29 is 4.74 Å². The van der Waals surface area contributed by atoms with E-state index < -0.39 is 0 Å². The van der Waals surface area contributed by atoms with Crippen LogP contribution in [0, 0.1) is 5.92 Å². The van der Waals surface area contributed by atoms with E-state index in [1.807, 2.05) is 6.08 Å². The maximum absolute atomic E-state index is 5.74. The molecule has 76 valence electrons. The van der Waals surface area contributed by atoms with Gasteiger partial charge in [-0.3, -0.25) is 0 Å². The second-order valence-corrected chi connectivity index (χ2v) is 3.58. The van der Waals surface area contributed by atoms with Gasteiger partial charge in [-0.15, -0.1) is 6.58 Å². The van der Waals surface area contributed by atoms with Gasteiger partial charge in [-0.25, -0.2) is 0 Å². The van der Waals surface area contributed by atoms with Gasteiger partial charge < -0.3 is 10.1 Å². The number of rotatable bonds is 7. The maximum atomic E-state index is 5.74. The standard InChI is InChI=1S/C11H21NO/c1-4-10(12-5-2)11(13-6-3)9-7-8-9/h4,9-12H,1,5-8H2,2-3H3. The molecule has 2 unspecified atom stereocenters. The molecule has 0 bridgehead atoms.